The van der Waals surface area contributed by atoms with Gasteiger partial charge in [-0.2, -0.15) is 8.78 Å². The van der Waals surface area contributed by atoms with E-state index in [1.807, 2.05) is 66.7 Å². The van der Waals surface area contributed by atoms with Gasteiger partial charge in [0.1, 0.15) is 5.75 Å². The lowest BCUT2D eigenvalue weighted by Crippen LogP contribution is -1.99. The SMILES string of the molecule is C=C[C@@H](CC(=C(F)F)c1ccc(-c2ccccc2)cc1)c1ccc(OC)cc1. The third kappa shape index (κ3) is 4.55. The average molecular weight is 376 g/mol. The van der Waals surface area contributed by atoms with Crippen LogP contribution < -0.4 is 4.74 Å². The summed E-state index contributed by atoms with van der Waals surface area (Å²) in [6.07, 6.45) is 0.235. The average Bonchev–Trinajstić information content (AvgIpc) is 2.75. The Hall–Kier alpha value is -3.20. The van der Waals surface area contributed by atoms with Gasteiger partial charge in [0.15, 0.2) is 0 Å². The number of hydrogen-bond acceptors (Lipinski definition) is 1. The number of benzene rings is 3. The van der Waals surface area contributed by atoms with Gasteiger partial charge in [0.25, 0.3) is 6.08 Å². The normalized spacial score (nSPS) is 11.5. The number of methoxy groups -OCH3 is 1. The summed E-state index contributed by atoms with van der Waals surface area (Å²) in [7, 11) is 1.60. The molecule has 0 unspecified atom stereocenters. The van der Waals surface area contributed by atoms with Gasteiger partial charge in [-0.05, 0) is 40.8 Å². The maximum Gasteiger partial charge on any atom is 0.274 e. The Morgan fingerprint density at radius 1 is 0.893 bits per heavy atom. The second-order valence-corrected chi connectivity index (χ2v) is 6.50. The molecule has 0 saturated heterocycles. The summed E-state index contributed by atoms with van der Waals surface area (Å²) in [5.74, 6) is 0.520. The van der Waals surface area contributed by atoms with Crippen molar-refractivity contribution in [2.45, 2.75) is 12.3 Å². The van der Waals surface area contributed by atoms with Gasteiger partial charge in [0.2, 0.25) is 0 Å². The van der Waals surface area contributed by atoms with Crippen LogP contribution in [0.5, 0.6) is 5.75 Å². The van der Waals surface area contributed by atoms with Gasteiger partial charge in [-0.3, -0.25) is 0 Å². The Balaban J connectivity index is 1.85. The summed E-state index contributed by atoms with van der Waals surface area (Å²) in [5.41, 5.74) is 3.55. The highest BCUT2D eigenvalue weighted by Crippen LogP contribution is 2.34. The van der Waals surface area contributed by atoms with E-state index in [2.05, 4.69) is 6.58 Å². The fourth-order valence-corrected chi connectivity index (χ4v) is 3.21. The highest BCUT2D eigenvalue weighted by molar-refractivity contribution is 5.71. The van der Waals surface area contributed by atoms with Crippen LogP contribution in [0.15, 0.2) is 97.6 Å². The number of halogens is 2. The fourth-order valence-electron chi connectivity index (χ4n) is 3.21. The number of hydrogen-bond donors (Lipinski definition) is 0. The molecule has 0 aliphatic carbocycles. The third-order valence-electron chi connectivity index (χ3n) is 4.82. The van der Waals surface area contributed by atoms with Crippen molar-refractivity contribution in [2.75, 3.05) is 7.11 Å². The highest BCUT2D eigenvalue weighted by Gasteiger charge is 2.16. The predicted molar refractivity (Wildman–Crippen MR) is 112 cm³/mol. The molecule has 3 aromatic rings. The Bertz CT molecular complexity index is 938. The lowest BCUT2D eigenvalue weighted by atomic mass is 9.89. The molecule has 28 heavy (non-hydrogen) atoms. The summed E-state index contributed by atoms with van der Waals surface area (Å²) in [4.78, 5) is 0. The minimum absolute atomic E-state index is 0.0420. The van der Waals surface area contributed by atoms with Crippen LogP contribution in [-0.2, 0) is 0 Å². The van der Waals surface area contributed by atoms with Crippen molar-refractivity contribution in [1.82, 2.24) is 0 Å². The second kappa shape index (κ2) is 9.14. The maximum atomic E-state index is 13.8. The Kier molecular flexibility index (Phi) is 6.38. The fraction of sp³-hybridized carbons (Fsp3) is 0.120. The minimum atomic E-state index is -1.66. The van der Waals surface area contributed by atoms with Gasteiger partial charge in [-0.1, -0.05) is 72.8 Å². The molecular weight excluding hydrogens is 354 g/mol. The van der Waals surface area contributed by atoms with Crippen molar-refractivity contribution in [3.05, 3.63) is 109 Å². The van der Waals surface area contributed by atoms with E-state index >= 15 is 0 Å². The van der Waals surface area contributed by atoms with E-state index < -0.39 is 6.08 Å². The van der Waals surface area contributed by atoms with Crippen molar-refractivity contribution in [1.29, 1.82) is 0 Å². The van der Waals surface area contributed by atoms with E-state index in [1.54, 1.807) is 25.3 Å². The molecule has 142 valence electrons. The molecule has 3 rings (SSSR count). The molecule has 0 aliphatic rings. The van der Waals surface area contributed by atoms with Gasteiger partial charge in [0, 0.05) is 11.5 Å². The summed E-state index contributed by atoms with van der Waals surface area (Å²) < 4.78 is 32.7. The molecule has 0 amide bonds. The van der Waals surface area contributed by atoms with Gasteiger partial charge < -0.3 is 4.74 Å². The molecule has 1 atom stereocenters. The number of allylic oxidation sites excluding steroid dienone is 2. The van der Waals surface area contributed by atoms with Crippen LogP contribution in [0.2, 0.25) is 0 Å². The molecule has 3 heteroatoms. The summed E-state index contributed by atoms with van der Waals surface area (Å²) in [6, 6.07) is 24.6. The first-order valence-corrected chi connectivity index (χ1v) is 9.09. The first-order valence-electron chi connectivity index (χ1n) is 9.09. The van der Waals surface area contributed by atoms with Crippen molar-refractivity contribution in [3.8, 4) is 16.9 Å². The first kappa shape index (κ1) is 19.6. The standard InChI is InChI=1S/C25H22F2O/c1-3-18(20-13-15-23(28-2)16-14-20)17-24(25(26)27)22-11-9-21(10-12-22)19-7-5-4-6-8-19/h3-16,18H,1,17H2,2H3/t18-/m0/s1. The van der Waals surface area contributed by atoms with Crippen LogP contribution in [0.3, 0.4) is 0 Å². The first-order chi connectivity index (χ1) is 13.6. The molecule has 1 nitrogen and oxygen atoms in total. The molecule has 0 aromatic heterocycles. The molecule has 0 radical (unpaired) electrons. The van der Waals surface area contributed by atoms with Crippen molar-refractivity contribution in [3.63, 3.8) is 0 Å². The molecule has 0 aliphatic heterocycles. The molecular formula is C25H22F2O. The van der Waals surface area contributed by atoms with Crippen molar-refractivity contribution < 1.29 is 13.5 Å². The molecule has 0 fully saturated rings. The largest absolute Gasteiger partial charge is 0.497 e. The molecule has 0 bridgehead atoms. The second-order valence-electron chi connectivity index (χ2n) is 6.50. The monoisotopic (exact) mass is 376 g/mol. The van der Waals surface area contributed by atoms with Crippen LogP contribution >= 0.6 is 0 Å². The molecule has 0 spiro atoms. The third-order valence-corrected chi connectivity index (χ3v) is 4.82. The van der Waals surface area contributed by atoms with E-state index in [-0.39, 0.29) is 17.9 Å². The maximum absolute atomic E-state index is 13.8. The Labute approximate surface area is 164 Å². The van der Waals surface area contributed by atoms with E-state index in [4.69, 9.17) is 4.74 Å². The zero-order valence-electron chi connectivity index (χ0n) is 15.7. The summed E-state index contributed by atoms with van der Waals surface area (Å²) >= 11 is 0. The summed E-state index contributed by atoms with van der Waals surface area (Å²) in [5, 5.41) is 0. The highest BCUT2D eigenvalue weighted by atomic mass is 19.3. The quantitative estimate of drug-likeness (QED) is 0.392. The van der Waals surface area contributed by atoms with E-state index in [0.29, 0.717) is 5.56 Å². The zero-order valence-corrected chi connectivity index (χ0v) is 15.7. The summed E-state index contributed by atoms with van der Waals surface area (Å²) in [6.45, 7) is 3.84. The lowest BCUT2D eigenvalue weighted by Gasteiger charge is -2.16. The van der Waals surface area contributed by atoms with Gasteiger partial charge in [0.05, 0.1) is 7.11 Å². The Morgan fingerprint density at radius 2 is 1.50 bits per heavy atom. The van der Waals surface area contributed by atoms with Crippen LogP contribution in [0.4, 0.5) is 8.78 Å². The van der Waals surface area contributed by atoms with Gasteiger partial charge in [-0.15, -0.1) is 6.58 Å². The molecule has 3 aromatic carbocycles. The Morgan fingerprint density at radius 3 is 2.04 bits per heavy atom. The molecule has 0 N–H and O–H groups in total. The van der Waals surface area contributed by atoms with Crippen molar-refractivity contribution >= 4 is 5.57 Å². The predicted octanol–water partition coefficient (Wildman–Crippen LogP) is 7.33. The smallest absolute Gasteiger partial charge is 0.274 e. The van der Waals surface area contributed by atoms with Crippen LogP contribution in [0.25, 0.3) is 16.7 Å². The topological polar surface area (TPSA) is 9.23 Å². The molecule has 0 heterocycles. The van der Waals surface area contributed by atoms with Crippen LogP contribution in [-0.4, -0.2) is 7.11 Å². The zero-order chi connectivity index (χ0) is 19.9. The van der Waals surface area contributed by atoms with Crippen LogP contribution in [0.1, 0.15) is 23.5 Å². The lowest BCUT2D eigenvalue weighted by molar-refractivity contribution is 0.414. The van der Waals surface area contributed by atoms with E-state index in [9.17, 15) is 8.78 Å². The van der Waals surface area contributed by atoms with E-state index in [0.717, 1.165) is 22.4 Å². The number of ether oxygens (including phenoxy) is 1. The van der Waals surface area contributed by atoms with Gasteiger partial charge in [-0.25, -0.2) is 0 Å². The number of rotatable bonds is 7. The van der Waals surface area contributed by atoms with Crippen LogP contribution in [0, 0.1) is 0 Å². The van der Waals surface area contributed by atoms with Crippen molar-refractivity contribution in [2.24, 2.45) is 0 Å². The van der Waals surface area contributed by atoms with Gasteiger partial charge >= 0.3 is 0 Å². The minimum Gasteiger partial charge on any atom is -0.497 e. The van der Waals surface area contributed by atoms with E-state index in [1.165, 1.54) is 0 Å². The molecule has 0 saturated carbocycles.